The van der Waals surface area contributed by atoms with Crippen LogP contribution in [-0.2, 0) is 0 Å². The highest BCUT2D eigenvalue weighted by Crippen LogP contribution is 2.21. The molecule has 0 amide bonds. The minimum Gasteiger partial charge on any atom is -0.486 e. The predicted molar refractivity (Wildman–Crippen MR) is 69.1 cm³/mol. The first-order valence-corrected chi connectivity index (χ1v) is 5.72. The van der Waals surface area contributed by atoms with E-state index in [4.69, 9.17) is 15.6 Å². The van der Waals surface area contributed by atoms with Crippen molar-refractivity contribution >= 4 is 10.8 Å². The topological polar surface area (TPSA) is 55.5 Å². The molecule has 3 nitrogen and oxygen atoms in total. The second kappa shape index (κ2) is 5.17. The molecule has 0 aromatic heterocycles. The monoisotopic (exact) mass is 231 g/mol. The van der Waals surface area contributed by atoms with Crippen LogP contribution in [0, 0.1) is 0 Å². The fourth-order valence-electron chi connectivity index (χ4n) is 1.73. The molecule has 0 radical (unpaired) electrons. The zero-order chi connectivity index (χ0) is 12.3. The zero-order valence-corrected chi connectivity index (χ0v) is 9.84. The number of fused-ring (bicyclic) bond motifs is 1. The van der Waals surface area contributed by atoms with Gasteiger partial charge in [0.05, 0.1) is 6.61 Å². The van der Waals surface area contributed by atoms with Gasteiger partial charge in [0.25, 0.3) is 0 Å². The number of benzene rings is 2. The van der Waals surface area contributed by atoms with Crippen LogP contribution in [-0.4, -0.2) is 23.9 Å². The highest BCUT2D eigenvalue weighted by molar-refractivity contribution is 5.83. The number of hydrogen-bond acceptors (Lipinski definition) is 3. The van der Waals surface area contributed by atoms with E-state index in [2.05, 4.69) is 0 Å². The Morgan fingerprint density at radius 1 is 1.18 bits per heavy atom. The lowest BCUT2D eigenvalue weighted by atomic mass is 10.1. The fraction of sp³-hybridized carbons (Fsp3) is 0.286. The van der Waals surface area contributed by atoms with Crippen molar-refractivity contribution in [2.75, 3.05) is 6.61 Å². The van der Waals surface area contributed by atoms with Crippen LogP contribution in [0.25, 0.3) is 10.8 Å². The molecule has 0 aliphatic carbocycles. The summed E-state index contributed by atoms with van der Waals surface area (Å²) in [5.41, 5.74) is 5.72. The Hall–Kier alpha value is -1.58. The average Bonchev–Trinajstić information content (AvgIpc) is 2.35. The lowest BCUT2D eigenvalue weighted by molar-refractivity contribution is 0.0992. The van der Waals surface area contributed by atoms with E-state index in [0.717, 1.165) is 11.1 Å². The Kier molecular flexibility index (Phi) is 3.61. The zero-order valence-electron chi connectivity index (χ0n) is 9.84. The van der Waals surface area contributed by atoms with Gasteiger partial charge in [0.2, 0.25) is 0 Å². The van der Waals surface area contributed by atoms with Crippen molar-refractivity contribution < 1.29 is 9.84 Å². The molecule has 2 rings (SSSR count). The van der Waals surface area contributed by atoms with Gasteiger partial charge in [-0.3, -0.25) is 0 Å². The fourth-order valence-corrected chi connectivity index (χ4v) is 1.73. The van der Waals surface area contributed by atoms with Crippen molar-refractivity contribution in [3.63, 3.8) is 0 Å². The van der Waals surface area contributed by atoms with Gasteiger partial charge in [-0.05, 0) is 29.8 Å². The number of hydrogen-bond donors (Lipinski definition) is 2. The van der Waals surface area contributed by atoms with E-state index in [-0.39, 0.29) is 18.8 Å². The molecule has 0 saturated heterocycles. The molecule has 90 valence electrons. The lowest BCUT2D eigenvalue weighted by Gasteiger charge is -2.20. The van der Waals surface area contributed by atoms with Gasteiger partial charge < -0.3 is 15.6 Å². The Bertz CT molecular complexity index is 496. The van der Waals surface area contributed by atoms with E-state index in [0.29, 0.717) is 0 Å². The summed E-state index contributed by atoms with van der Waals surface area (Å²) in [7, 11) is 0. The maximum absolute atomic E-state index is 9.17. The molecule has 2 aromatic carbocycles. The molecule has 0 spiro atoms. The summed E-state index contributed by atoms with van der Waals surface area (Å²) in [5, 5.41) is 11.5. The van der Waals surface area contributed by atoms with Crippen LogP contribution >= 0.6 is 0 Å². The summed E-state index contributed by atoms with van der Waals surface area (Å²) in [5.74, 6) is 0.736. The largest absolute Gasteiger partial charge is 0.486 e. The van der Waals surface area contributed by atoms with Crippen molar-refractivity contribution in [1.82, 2.24) is 0 Å². The van der Waals surface area contributed by atoms with Crippen LogP contribution in [0.1, 0.15) is 6.92 Å². The maximum Gasteiger partial charge on any atom is 0.136 e. The van der Waals surface area contributed by atoms with Crippen molar-refractivity contribution in [3.8, 4) is 5.75 Å². The van der Waals surface area contributed by atoms with Crippen LogP contribution < -0.4 is 10.5 Å². The minimum absolute atomic E-state index is 0.0789. The van der Waals surface area contributed by atoms with Crippen LogP contribution in [0.5, 0.6) is 5.75 Å². The number of aliphatic hydroxyl groups is 1. The van der Waals surface area contributed by atoms with Gasteiger partial charge in [-0.1, -0.05) is 30.3 Å². The molecule has 17 heavy (non-hydrogen) atoms. The smallest absolute Gasteiger partial charge is 0.136 e. The highest BCUT2D eigenvalue weighted by atomic mass is 16.5. The second-order valence-electron chi connectivity index (χ2n) is 4.21. The van der Waals surface area contributed by atoms with Crippen LogP contribution in [0.4, 0.5) is 0 Å². The maximum atomic E-state index is 9.17. The van der Waals surface area contributed by atoms with Crippen molar-refractivity contribution in [3.05, 3.63) is 42.5 Å². The molecule has 0 saturated carbocycles. The molecule has 0 aliphatic rings. The third-order valence-corrected chi connectivity index (χ3v) is 2.77. The van der Waals surface area contributed by atoms with Crippen LogP contribution in [0.2, 0.25) is 0 Å². The van der Waals surface area contributed by atoms with Gasteiger partial charge in [-0.2, -0.15) is 0 Å². The summed E-state index contributed by atoms with van der Waals surface area (Å²) >= 11 is 0. The number of ether oxygens (including phenoxy) is 1. The molecule has 2 atom stereocenters. The average molecular weight is 231 g/mol. The molecular weight excluding hydrogens is 214 g/mol. The standard InChI is InChI=1S/C14H17NO2/c1-10(15)14(9-16)17-13-7-6-11-4-2-3-5-12(11)8-13/h2-8,10,14,16H,9,15H2,1H3. The van der Waals surface area contributed by atoms with Gasteiger partial charge in [0, 0.05) is 6.04 Å². The molecule has 0 fully saturated rings. The third-order valence-electron chi connectivity index (χ3n) is 2.77. The summed E-state index contributed by atoms with van der Waals surface area (Å²) in [6.07, 6.45) is -0.365. The first kappa shape index (κ1) is 11.9. The number of rotatable bonds is 4. The van der Waals surface area contributed by atoms with Gasteiger partial charge in [0.1, 0.15) is 11.9 Å². The lowest BCUT2D eigenvalue weighted by Crippen LogP contribution is -2.39. The summed E-state index contributed by atoms with van der Waals surface area (Å²) in [6, 6.07) is 13.7. The molecule has 3 heteroatoms. The Morgan fingerprint density at radius 2 is 1.88 bits per heavy atom. The minimum atomic E-state index is -0.365. The quantitative estimate of drug-likeness (QED) is 0.845. The predicted octanol–water partition coefficient (Wildman–Crippen LogP) is 1.93. The van der Waals surface area contributed by atoms with Gasteiger partial charge in [0.15, 0.2) is 0 Å². The van der Waals surface area contributed by atoms with E-state index in [1.54, 1.807) is 0 Å². The first-order chi connectivity index (χ1) is 8.20. The second-order valence-corrected chi connectivity index (χ2v) is 4.21. The van der Waals surface area contributed by atoms with Crippen molar-refractivity contribution in [2.24, 2.45) is 5.73 Å². The summed E-state index contributed by atoms with van der Waals surface area (Å²) < 4.78 is 5.66. The van der Waals surface area contributed by atoms with Gasteiger partial charge >= 0.3 is 0 Å². The summed E-state index contributed by atoms with van der Waals surface area (Å²) in [4.78, 5) is 0. The molecule has 2 unspecified atom stereocenters. The molecule has 3 N–H and O–H groups in total. The van der Waals surface area contributed by atoms with Crippen molar-refractivity contribution in [1.29, 1.82) is 0 Å². The van der Waals surface area contributed by atoms with E-state index in [1.807, 2.05) is 49.4 Å². The molecule has 0 heterocycles. The summed E-state index contributed by atoms with van der Waals surface area (Å²) in [6.45, 7) is 1.74. The Labute approximate surface area is 101 Å². The molecule has 0 bridgehead atoms. The Morgan fingerprint density at radius 3 is 2.53 bits per heavy atom. The van der Waals surface area contributed by atoms with Crippen molar-refractivity contribution in [2.45, 2.75) is 19.1 Å². The van der Waals surface area contributed by atoms with Gasteiger partial charge in [-0.25, -0.2) is 0 Å². The van der Waals surface area contributed by atoms with E-state index in [1.165, 1.54) is 5.39 Å². The van der Waals surface area contributed by atoms with Gasteiger partial charge in [-0.15, -0.1) is 0 Å². The SMILES string of the molecule is CC(N)C(CO)Oc1ccc2ccccc2c1. The molecule has 2 aromatic rings. The first-order valence-electron chi connectivity index (χ1n) is 5.72. The number of aliphatic hydroxyl groups excluding tert-OH is 1. The van der Waals surface area contributed by atoms with Crippen LogP contribution in [0.15, 0.2) is 42.5 Å². The Balaban J connectivity index is 2.24. The van der Waals surface area contributed by atoms with E-state index >= 15 is 0 Å². The molecule has 0 aliphatic heterocycles. The molecular formula is C14H17NO2. The van der Waals surface area contributed by atoms with E-state index < -0.39 is 0 Å². The van der Waals surface area contributed by atoms with E-state index in [9.17, 15) is 0 Å². The normalized spacial score (nSPS) is 14.5. The highest BCUT2D eigenvalue weighted by Gasteiger charge is 2.14. The third kappa shape index (κ3) is 2.75. The number of nitrogens with two attached hydrogens (primary N) is 1. The van der Waals surface area contributed by atoms with Crippen LogP contribution in [0.3, 0.4) is 0 Å².